The van der Waals surface area contributed by atoms with E-state index in [2.05, 4.69) is 69.1 Å². The maximum Gasteiger partial charge on any atom is 0.159 e. The highest BCUT2D eigenvalue weighted by Crippen LogP contribution is 2.22. The van der Waals surface area contributed by atoms with Crippen molar-refractivity contribution in [2.45, 2.75) is 34.1 Å². The maximum absolute atomic E-state index is 4.78. The molecule has 0 N–H and O–H groups in total. The molecule has 0 amide bonds. The number of aromatic nitrogens is 2. The molecule has 0 fully saturated rings. The van der Waals surface area contributed by atoms with Crippen molar-refractivity contribution in [3.05, 3.63) is 59.3 Å². The molecule has 0 aliphatic heterocycles. The molecule has 112 valence electrons. The Morgan fingerprint density at radius 2 is 1.68 bits per heavy atom. The van der Waals surface area contributed by atoms with E-state index in [9.17, 15) is 0 Å². The molecule has 1 aromatic heterocycles. The van der Waals surface area contributed by atoms with Gasteiger partial charge in [-0.25, -0.2) is 9.97 Å². The van der Waals surface area contributed by atoms with Gasteiger partial charge in [0, 0.05) is 17.1 Å². The minimum absolute atomic E-state index is 0.651. The summed E-state index contributed by atoms with van der Waals surface area (Å²) in [5.74, 6) is 1.46. The second kappa shape index (κ2) is 5.88. The second-order valence-corrected chi connectivity index (χ2v) is 6.56. The van der Waals surface area contributed by atoms with E-state index in [1.165, 1.54) is 16.7 Å². The molecule has 0 bridgehead atoms. The van der Waals surface area contributed by atoms with Crippen molar-refractivity contribution in [3.63, 3.8) is 0 Å². The number of aryl methyl sites for hydroxylation is 2. The van der Waals surface area contributed by atoms with Gasteiger partial charge in [-0.05, 0) is 49.9 Å². The Morgan fingerprint density at radius 1 is 0.955 bits per heavy atom. The summed E-state index contributed by atoms with van der Waals surface area (Å²) in [7, 11) is 0. The van der Waals surface area contributed by atoms with Crippen LogP contribution < -0.4 is 0 Å². The van der Waals surface area contributed by atoms with Gasteiger partial charge in [-0.1, -0.05) is 43.2 Å². The largest absolute Gasteiger partial charge is 0.236 e. The van der Waals surface area contributed by atoms with E-state index in [1.807, 2.05) is 6.20 Å². The Hall–Kier alpha value is -2.22. The third-order valence-electron chi connectivity index (χ3n) is 3.77. The summed E-state index contributed by atoms with van der Waals surface area (Å²) in [5, 5.41) is 1.10. The van der Waals surface area contributed by atoms with E-state index in [0.29, 0.717) is 5.92 Å². The minimum Gasteiger partial charge on any atom is -0.236 e. The fourth-order valence-corrected chi connectivity index (χ4v) is 2.91. The summed E-state index contributed by atoms with van der Waals surface area (Å²) in [4.78, 5) is 9.32. The fraction of sp³-hybridized carbons (Fsp3) is 0.300. The Kier molecular flexibility index (Phi) is 3.93. The highest BCUT2D eigenvalue weighted by Gasteiger charge is 2.06. The van der Waals surface area contributed by atoms with Gasteiger partial charge in [0.1, 0.15) is 0 Å². The van der Waals surface area contributed by atoms with Crippen LogP contribution in [0.15, 0.2) is 42.6 Å². The van der Waals surface area contributed by atoms with E-state index in [-0.39, 0.29) is 0 Å². The summed E-state index contributed by atoms with van der Waals surface area (Å²) >= 11 is 0. The van der Waals surface area contributed by atoms with Gasteiger partial charge in [0.05, 0.1) is 5.52 Å². The van der Waals surface area contributed by atoms with Crippen LogP contribution in [0.2, 0.25) is 0 Å². The molecule has 0 aliphatic carbocycles. The fourth-order valence-electron chi connectivity index (χ4n) is 2.91. The van der Waals surface area contributed by atoms with Gasteiger partial charge in [0.15, 0.2) is 5.82 Å². The number of hydrogen-bond acceptors (Lipinski definition) is 2. The average molecular weight is 290 g/mol. The predicted octanol–water partition coefficient (Wildman–Crippen LogP) is 5.11. The summed E-state index contributed by atoms with van der Waals surface area (Å²) in [5.41, 5.74) is 5.95. The first kappa shape index (κ1) is 14.7. The smallest absolute Gasteiger partial charge is 0.159 e. The van der Waals surface area contributed by atoms with Crippen molar-refractivity contribution in [3.8, 4) is 11.4 Å². The Bertz CT molecular complexity index is 799. The molecule has 2 nitrogen and oxygen atoms in total. The molecule has 0 atom stereocenters. The number of rotatable bonds is 3. The maximum atomic E-state index is 4.78. The van der Waals surface area contributed by atoms with Crippen molar-refractivity contribution in [1.82, 2.24) is 9.97 Å². The summed E-state index contributed by atoms with van der Waals surface area (Å²) in [6, 6.07) is 13.0. The molecule has 1 heterocycles. The summed E-state index contributed by atoms with van der Waals surface area (Å²) < 4.78 is 0. The van der Waals surface area contributed by atoms with Crippen LogP contribution >= 0.6 is 0 Å². The van der Waals surface area contributed by atoms with Gasteiger partial charge in [-0.15, -0.1) is 0 Å². The van der Waals surface area contributed by atoms with Crippen LogP contribution in [-0.4, -0.2) is 9.97 Å². The first-order chi connectivity index (χ1) is 10.5. The quantitative estimate of drug-likeness (QED) is 0.669. The molecule has 3 aromatic rings. The lowest BCUT2D eigenvalue weighted by atomic mass is 10.0. The zero-order valence-corrected chi connectivity index (χ0v) is 13.7. The van der Waals surface area contributed by atoms with Crippen LogP contribution in [0.3, 0.4) is 0 Å². The standard InChI is InChI=1S/C20H22N2/c1-13(2)7-16-5-6-17-12-21-20(22-19(17)11-16)18-9-14(3)8-15(4)10-18/h5-6,8-13H,7H2,1-4H3. The number of nitrogens with zero attached hydrogens (tertiary/aromatic N) is 2. The lowest BCUT2D eigenvalue weighted by Gasteiger charge is -2.08. The first-order valence-corrected chi connectivity index (χ1v) is 7.85. The van der Waals surface area contributed by atoms with Crippen LogP contribution in [0, 0.1) is 19.8 Å². The zero-order chi connectivity index (χ0) is 15.7. The SMILES string of the molecule is Cc1cc(C)cc(-c2ncc3ccc(CC(C)C)cc3n2)c1. The van der Waals surface area contributed by atoms with Gasteiger partial charge in [-0.3, -0.25) is 0 Å². The first-order valence-electron chi connectivity index (χ1n) is 7.85. The number of fused-ring (bicyclic) bond motifs is 1. The molecule has 0 aliphatic rings. The van der Waals surface area contributed by atoms with Crippen LogP contribution in [0.1, 0.15) is 30.5 Å². The summed E-state index contributed by atoms with van der Waals surface area (Å²) in [6.45, 7) is 8.70. The van der Waals surface area contributed by atoms with Gasteiger partial charge in [0.2, 0.25) is 0 Å². The lowest BCUT2D eigenvalue weighted by Crippen LogP contribution is -1.96. The van der Waals surface area contributed by atoms with Gasteiger partial charge in [-0.2, -0.15) is 0 Å². The normalized spacial score (nSPS) is 11.3. The summed E-state index contributed by atoms with van der Waals surface area (Å²) in [6.07, 6.45) is 3.01. The van der Waals surface area contributed by atoms with Crippen LogP contribution in [0.4, 0.5) is 0 Å². The molecular formula is C20H22N2. The topological polar surface area (TPSA) is 25.8 Å². The van der Waals surface area contributed by atoms with Crippen molar-refractivity contribution in [2.75, 3.05) is 0 Å². The van der Waals surface area contributed by atoms with E-state index >= 15 is 0 Å². The van der Waals surface area contributed by atoms with Crippen molar-refractivity contribution in [1.29, 1.82) is 0 Å². The Balaban J connectivity index is 2.07. The molecule has 0 unspecified atom stereocenters. The zero-order valence-electron chi connectivity index (χ0n) is 13.7. The third-order valence-corrected chi connectivity index (χ3v) is 3.77. The molecule has 3 rings (SSSR count). The van der Waals surface area contributed by atoms with Crippen LogP contribution in [0.5, 0.6) is 0 Å². The van der Waals surface area contributed by atoms with E-state index in [4.69, 9.17) is 4.98 Å². The molecular weight excluding hydrogens is 268 g/mol. The van der Waals surface area contributed by atoms with Crippen molar-refractivity contribution in [2.24, 2.45) is 5.92 Å². The Morgan fingerprint density at radius 3 is 2.36 bits per heavy atom. The molecule has 2 heteroatoms. The van der Waals surface area contributed by atoms with Gasteiger partial charge >= 0.3 is 0 Å². The predicted molar refractivity (Wildman–Crippen MR) is 93.0 cm³/mol. The highest BCUT2D eigenvalue weighted by molar-refractivity contribution is 5.80. The average Bonchev–Trinajstić information content (AvgIpc) is 2.45. The van der Waals surface area contributed by atoms with Crippen LogP contribution in [0.25, 0.3) is 22.3 Å². The molecule has 22 heavy (non-hydrogen) atoms. The lowest BCUT2D eigenvalue weighted by molar-refractivity contribution is 0.647. The third kappa shape index (κ3) is 3.16. The second-order valence-electron chi connectivity index (χ2n) is 6.56. The monoisotopic (exact) mass is 290 g/mol. The highest BCUT2D eigenvalue weighted by atomic mass is 14.9. The molecule has 0 radical (unpaired) electrons. The van der Waals surface area contributed by atoms with Gasteiger partial charge < -0.3 is 0 Å². The van der Waals surface area contributed by atoms with E-state index < -0.39 is 0 Å². The van der Waals surface area contributed by atoms with Gasteiger partial charge in [0.25, 0.3) is 0 Å². The van der Waals surface area contributed by atoms with Crippen LogP contribution in [-0.2, 0) is 6.42 Å². The molecule has 0 saturated heterocycles. The van der Waals surface area contributed by atoms with Crippen molar-refractivity contribution >= 4 is 10.9 Å². The van der Waals surface area contributed by atoms with E-state index in [1.54, 1.807) is 0 Å². The molecule has 0 spiro atoms. The molecule has 2 aromatic carbocycles. The van der Waals surface area contributed by atoms with E-state index in [0.717, 1.165) is 28.7 Å². The Labute approximate surface area is 132 Å². The number of benzene rings is 2. The molecule has 0 saturated carbocycles. The minimum atomic E-state index is 0.651. The number of hydrogen-bond donors (Lipinski definition) is 0. The van der Waals surface area contributed by atoms with Crippen molar-refractivity contribution < 1.29 is 0 Å².